The number of carbonyl (C=O) groups excluding carboxylic acids is 1. The number of carbonyl (C=O) groups is 1. The summed E-state index contributed by atoms with van der Waals surface area (Å²) < 4.78 is 20.8. The molecule has 1 heterocycles. The average molecular weight is 596 g/mol. The molecule has 0 fully saturated rings. The summed E-state index contributed by atoms with van der Waals surface area (Å²) in [6.45, 7) is 3.28. The summed E-state index contributed by atoms with van der Waals surface area (Å²) in [5.41, 5.74) is 0.0934. The predicted molar refractivity (Wildman–Crippen MR) is 149 cm³/mol. The van der Waals surface area contributed by atoms with Gasteiger partial charge in [0.2, 0.25) is 5.75 Å². The SMILES string of the molecule is CC[C@@H](C)c1nc2ccc(Br)cc2c(=O)n1N=Cc1cccc([N+](=O)[O-])c1OCC(=O)Nc1cccc(F)c1. The summed E-state index contributed by atoms with van der Waals surface area (Å²) in [6.07, 6.45) is 1.95. The van der Waals surface area contributed by atoms with Crippen molar-refractivity contribution in [2.24, 2.45) is 5.10 Å². The zero-order valence-corrected chi connectivity index (χ0v) is 22.5. The normalized spacial score (nSPS) is 12.0. The third kappa shape index (κ3) is 6.34. The Morgan fingerprint density at radius 2 is 2.03 bits per heavy atom. The first-order valence-electron chi connectivity index (χ1n) is 11.9. The molecule has 200 valence electrons. The van der Waals surface area contributed by atoms with Crippen molar-refractivity contribution in [2.75, 3.05) is 11.9 Å². The standard InChI is InChI=1S/C27H23BrFN5O5/c1-3-16(2)26-32-22-11-10-18(28)12-21(22)27(36)33(26)30-14-17-6-4-9-23(34(37)38)25(17)39-15-24(35)31-20-8-5-7-19(29)13-20/h4-14,16H,3,15H2,1-2H3,(H,31,35)/t16-/m1/s1. The molecule has 0 aliphatic heterocycles. The first kappa shape index (κ1) is 27.6. The number of aromatic nitrogens is 2. The van der Waals surface area contributed by atoms with Gasteiger partial charge in [0.1, 0.15) is 11.6 Å². The Morgan fingerprint density at radius 3 is 2.74 bits per heavy atom. The number of nitro benzene ring substituents is 1. The van der Waals surface area contributed by atoms with E-state index >= 15 is 0 Å². The van der Waals surface area contributed by atoms with E-state index in [1.807, 2.05) is 13.8 Å². The molecule has 12 heteroatoms. The van der Waals surface area contributed by atoms with Gasteiger partial charge < -0.3 is 10.1 Å². The number of ether oxygens (including phenoxy) is 1. The lowest BCUT2D eigenvalue weighted by molar-refractivity contribution is -0.385. The van der Waals surface area contributed by atoms with Gasteiger partial charge in [-0.15, -0.1) is 0 Å². The van der Waals surface area contributed by atoms with Crippen molar-refractivity contribution in [1.29, 1.82) is 0 Å². The van der Waals surface area contributed by atoms with E-state index < -0.39 is 34.5 Å². The van der Waals surface area contributed by atoms with Crippen LogP contribution in [0.25, 0.3) is 10.9 Å². The minimum absolute atomic E-state index is 0.116. The number of halogens is 2. The van der Waals surface area contributed by atoms with Gasteiger partial charge in [-0.2, -0.15) is 9.78 Å². The molecule has 4 rings (SSSR count). The quantitative estimate of drug-likeness (QED) is 0.152. The largest absolute Gasteiger partial charge is 0.476 e. The third-order valence-electron chi connectivity index (χ3n) is 5.88. The second-order valence-electron chi connectivity index (χ2n) is 8.60. The summed E-state index contributed by atoms with van der Waals surface area (Å²) in [7, 11) is 0. The molecule has 0 saturated carbocycles. The number of nitrogens with zero attached hydrogens (tertiary/aromatic N) is 4. The highest BCUT2D eigenvalue weighted by Gasteiger charge is 2.21. The van der Waals surface area contributed by atoms with Crippen LogP contribution in [0.3, 0.4) is 0 Å². The number of hydrogen-bond acceptors (Lipinski definition) is 7. The van der Waals surface area contributed by atoms with Gasteiger partial charge in [0.25, 0.3) is 11.5 Å². The van der Waals surface area contributed by atoms with Crippen LogP contribution in [0.4, 0.5) is 15.8 Å². The number of nitrogens with one attached hydrogen (secondary N) is 1. The van der Waals surface area contributed by atoms with E-state index in [4.69, 9.17) is 4.74 Å². The Labute approximate surface area is 230 Å². The fraction of sp³-hybridized carbons (Fsp3) is 0.185. The Balaban J connectivity index is 1.71. The van der Waals surface area contributed by atoms with Crippen LogP contribution in [0.2, 0.25) is 0 Å². The highest BCUT2D eigenvalue weighted by Crippen LogP contribution is 2.30. The molecule has 1 amide bonds. The van der Waals surface area contributed by atoms with Gasteiger partial charge in [-0.05, 0) is 48.9 Å². The zero-order chi connectivity index (χ0) is 28.1. The molecule has 1 N–H and O–H groups in total. The van der Waals surface area contributed by atoms with Crippen molar-refractivity contribution in [1.82, 2.24) is 9.66 Å². The smallest absolute Gasteiger partial charge is 0.311 e. The maximum Gasteiger partial charge on any atom is 0.311 e. The number of hydrogen-bond donors (Lipinski definition) is 1. The first-order valence-corrected chi connectivity index (χ1v) is 12.7. The number of rotatable bonds is 9. The van der Waals surface area contributed by atoms with Gasteiger partial charge in [0.15, 0.2) is 6.61 Å². The molecule has 0 unspecified atom stereocenters. The molecule has 0 bridgehead atoms. The molecule has 0 saturated heterocycles. The Hall–Kier alpha value is -4.45. The van der Waals surface area contributed by atoms with Crippen molar-refractivity contribution in [3.05, 3.63) is 103 Å². The van der Waals surface area contributed by atoms with E-state index in [2.05, 4.69) is 31.3 Å². The Kier molecular flexibility index (Phi) is 8.45. The summed E-state index contributed by atoms with van der Waals surface area (Å²) in [4.78, 5) is 41.5. The van der Waals surface area contributed by atoms with Gasteiger partial charge in [0.05, 0.1) is 22.0 Å². The average Bonchev–Trinajstić information content (AvgIpc) is 2.91. The van der Waals surface area contributed by atoms with Gasteiger partial charge in [0, 0.05) is 27.7 Å². The summed E-state index contributed by atoms with van der Waals surface area (Å²) in [6, 6.07) is 14.6. The van der Waals surface area contributed by atoms with E-state index in [0.717, 1.165) is 6.07 Å². The molecule has 3 aromatic carbocycles. The molecule has 1 atom stereocenters. The van der Waals surface area contributed by atoms with Crippen LogP contribution >= 0.6 is 15.9 Å². The lowest BCUT2D eigenvalue weighted by Crippen LogP contribution is -2.24. The third-order valence-corrected chi connectivity index (χ3v) is 6.37. The molecular formula is C27H23BrFN5O5. The Morgan fingerprint density at radius 1 is 1.26 bits per heavy atom. The van der Waals surface area contributed by atoms with Crippen LogP contribution in [0.15, 0.2) is 75.0 Å². The van der Waals surface area contributed by atoms with E-state index in [1.54, 1.807) is 18.2 Å². The molecule has 39 heavy (non-hydrogen) atoms. The number of fused-ring (bicyclic) bond motifs is 1. The summed E-state index contributed by atoms with van der Waals surface area (Å²) in [5.74, 6) is -1.09. The molecule has 0 spiro atoms. The second-order valence-corrected chi connectivity index (χ2v) is 9.52. The Bertz CT molecular complexity index is 1660. The van der Waals surface area contributed by atoms with Crippen LogP contribution in [0, 0.1) is 15.9 Å². The molecule has 0 radical (unpaired) electrons. The van der Waals surface area contributed by atoms with Crippen molar-refractivity contribution in [2.45, 2.75) is 26.2 Å². The molecule has 0 aliphatic rings. The van der Waals surface area contributed by atoms with Crippen molar-refractivity contribution >= 4 is 50.3 Å². The van der Waals surface area contributed by atoms with Crippen LogP contribution < -0.4 is 15.6 Å². The molecule has 4 aromatic rings. The van der Waals surface area contributed by atoms with Gasteiger partial charge in [-0.25, -0.2) is 9.37 Å². The number of benzene rings is 3. The zero-order valence-electron chi connectivity index (χ0n) is 20.9. The molecule has 1 aromatic heterocycles. The predicted octanol–water partition coefficient (Wildman–Crippen LogP) is 5.62. The second kappa shape index (κ2) is 11.9. The van der Waals surface area contributed by atoms with E-state index in [9.17, 15) is 24.1 Å². The lowest BCUT2D eigenvalue weighted by Gasteiger charge is -2.14. The number of anilines is 1. The van der Waals surface area contributed by atoms with Gasteiger partial charge in [-0.1, -0.05) is 41.9 Å². The number of nitro groups is 1. The van der Waals surface area contributed by atoms with E-state index in [1.165, 1.54) is 47.3 Å². The molecule has 0 aliphatic carbocycles. The van der Waals surface area contributed by atoms with Crippen molar-refractivity contribution < 1.29 is 18.8 Å². The maximum absolute atomic E-state index is 13.4. The molecular weight excluding hydrogens is 573 g/mol. The minimum Gasteiger partial charge on any atom is -0.476 e. The fourth-order valence-corrected chi connectivity index (χ4v) is 4.11. The fourth-order valence-electron chi connectivity index (χ4n) is 3.74. The van der Waals surface area contributed by atoms with Crippen molar-refractivity contribution in [3.8, 4) is 5.75 Å². The van der Waals surface area contributed by atoms with Gasteiger partial charge in [-0.3, -0.25) is 19.7 Å². The lowest BCUT2D eigenvalue weighted by atomic mass is 10.1. The van der Waals surface area contributed by atoms with Gasteiger partial charge >= 0.3 is 5.69 Å². The van der Waals surface area contributed by atoms with E-state index in [-0.39, 0.29) is 22.9 Å². The van der Waals surface area contributed by atoms with E-state index in [0.29, 0.717) is 27.6 Å². The monoisotopic (exact) mass is 595 g/mol. The topological polar surface area (TPSA) is 129 Å². The highest BCUT2D eigenvalue weighted by molar-refractivity contribution is 9.10. The number of amides is 1. The highest BCUT2D eigenvalue weighted by atomic mass is 79.9. The minimum atomic E-state index is -0.652. The molecule has 10 nitrogen and oxygen atoms in total. The van der Waals surface area contributed by atoms with Crippen LogP contribution in [0.5, 0.6) is 5.75 Å². The summed E-state index contributed by atoms with van der Waals surface area (Å²) >= 11 is 3.37. The first-order chi connectivity index (χ1) is 18.7. The van der Waals surface area contributed by atoms with Crippen LogP contribution in [-0.2, 0) is 4.79 Å². The van der Waals surface area contributed by atoms with Crippen molar-refractivity contribution in [3.63, 3.8) is 0 Å². The van der Waals surface area contributed by atoms with Crippen LogP contribution in [0.1, 0.15) is 37.6 Å². The maximum atomic E-state index is 13.4. The summed E-state index contributed by atoms with van der Waals surface area (Å²) in [5, 5.41) is 18.9. The number of para-hydroxylation sites is 1. The van der Waals surface area contributed by atoms with Crippen LogP contribution in [-0.4, -0.2) is 33.3 Å².